The van der Waals surface area contributed by atoms with Gasteiger partial charge in [0, 0.05) is 10.6 Å². The molecular formula is C8H5ClN2O. The van der Waals surface area contributed by atoms with Gasteiger partial charge in [0.05, 0.1) is 0 Å². The average Bonchev–Trinajstić information content (AvgIpc) is 2.56. The lowest BCUT2D eigenvalue weighted by Gasteiger charge is -1.93. The van der Waals surface area contributed by atoms with Gasteiger partial charge >= 0.3 is 0 Å². The molecule has 0 N–H and O–H groups in total. The minimum absolute atomic E-state index is 0.484. The van der Waals surface area contributed by atoms with Crippen molar-refractivity contribution in [2.75, 3.05) is 0 Å². The van der Waals surface area contributed by atoms with Gasteiger partial charge in [-0.3, -0.25) is 0 Å². The summed E-state index contributed by atoms with van der Waals surface area (Å²) < 4.78 is 4.85. The molecule has 0 atom stereocenters. The Morgan fingerprint density at radius 2 is 2.25 bits per heavy atom. The number of rotatable bonds is 1. The van der Waals surface area contributed by atoms with Crippen LogP contribution in [0.2, 0.25) is 5.02 Å². The molecule has 2 rings (SSSR count). The van der Waals surface area contributed by atoms with Crippen LogP contribution in [0.15, 0.2) is 35.1 Å². The van der Waals surface area contributed by atoms with Gasteiger partial charge in [-0.2, -0.15) is 4.98 Å². The van der Waals surface area contributed by atoms with E-state index in [1.54, 1.807) is 12.1 Å². The summed E-state index contributed by atoms with van der Waals surface area (Å²) in [6.07, 6.45) is 1.36. The van der Waals surface area contributed by atoms with E-state index in [0.717, 1.165) is 5.56 Å². The number of benzene rings is 1. The topological polar surface area (TPSA) is 38.9 Å². The van der Waals surface area contributed by atoms with Crippen molar-refractivity contribution in [1.29, 1.82) is 0 Å². The van der Waals surface area contributed by atoms with Crippen molar-refractivity contribution < 1.29 is 4.52 Å². The summed E-state index contributed by atoms with van der Waals surface area (Å²) in [5.41, 5.74) is 0.833. The Morgan fingerprint density at radius 3 is 2.92 bits per heavy atom. The van der Waals surface area contributed by atoms with Gasteiger partial charge in [-0.15, -0.1) is 0 Å². The van der Waals surface area contributed by atoms with Gasteiger partial charge in [0.15, 0.2) is 6.33 Å². The van der Waals surface area contributed by atoms with Gasteiger partial charge in [-0.05, 0) is 18.2 Å². The zero-order valence-electron chi connectivity index (χ0n) is 6.07. The predicted molar refractivity (Wildman–Crippen MR) is 44.7 cm³/mol. The standard InChI is InChI=1S/C8H5ClN2O/c9-7-3-1-2-6(4-7)8-10-5-11-12-8/h1-5H. The summed E-state index contributed by atoms with van der Waals surface area (Å²) in [4.78, 5) is 3.89. The monoisotopic (exact) mass is 180 g/mol. The number of hydrogen-bond donors (Lipinski definition) is 0. The number of aromatic nitrogens is 2. The molecule has 4 heteroatoms. The predicted octanol–water partition coefficient (Wildman–Crippen LogP) is 2.39. The van der Waals surface area contributed by atoms with Gasteiger partial charge < -0.3 is 4.52 Å². The fourth-order valence-electron chi connectivity index (χ4n) is 0.922. The Balaban J connectivity index is 2.48. The molecule has 0 fully saturated rings. The van der Waals surface area contributed by atoms with Crippen molar-refractivity contribution in [3.63, 3.8) is 0 Å². The number of nitrogens with zero attached hydrogens (tertiary/aromatic N) is 2. The second kappa shape index (κ2) is 2.95. The first-order chi connectivity index (χ1) is 5.86. The molecule has 0 radical (unpaired) electrons. The fourth-order valence-corrected chi connectivity index (χ4v) is 1.11. The highest BCUT2D eigenvalue weighted by Crippen LogP contribution is 2.19. The molecule has 0 spiro atoms. The summed E-state index contributed by atoms with van der Waals surface area (Å²) in [5.74, 6) is 0.484. The van der Waals surface area contributed by atoms with Gasteiger partial charge in [0.2, 0.25) is 0 Å². The van der Waals surface area contributed by atoms with Gasteiger partial charge in [0.25, 0.3) is 5.89 Å². The van der Waals surface area contributed by atoms with Crippen LogP contribution in [-0.2, 0) is 0 Å². The van der Waals surface area contributed by atoms with Gasteiger partial charge in [0.1, 0.15) is 0 Å². The normalized spacial score (nSPS) is 10.1. The molecule has 12 heavy (non-hydrogen) atoms. The van der Waals surface area contributed by atoms with E-state index in [1.165, 1.54) is 6.33 Å². The van der Waals surface area contributed by atoms with Crippen molar-refractivity contribution >= 4 is 11.6 Å². The molecule has 2 aromatic rings. The zero-order valence-corrected chi connectivity index (χ0v) is 6.82. The molecule has 0 amide bonds. The molecule has 60 valence electrons. The van der Waals surface area contributed by atoms with E-state index in [4.69, 9.17) is 16.1 Å². The Bertz CT molecular complexity index is 372. The molecule has 3 nitrogen and oxygen atoms in total. The quantitative estimate of drug-likeness (QED) is 0.677. The first-order valence-corrected chi connectivity index (χ1v) is 3.77. The van der Waals surface area contributed by atoms with Crippen LogP contribution in [0.1, 0.15) is 0 Å². The fraction of sp³-hybridized carbons (Fsp3) is 0. The summed E-state index contributed by atoms with van der Waals surface area (Å²) >= 11 is 5.77. The van der Waals surface area contributed by atoms with Crippen LogP contribution in [0.25, 0.3) is 11.5 Å². The highest BCUT2D eigenvalue weighted by Gasteiger charge is 2.02. The lowest BCUT2D eigenvalue weighted by molar-refractivity contribution is 0.430. The van der Waals surface area contributed by atoms with Crippen molar-refractivity contribution in [3.05, 3.63) is 35.6 Å². The number of halogens is 1. The Hall–Kier alpha value is -1.35. The minimum atomic E-state index is 0.484. The van der Waals surface area contributed by atoms with Gasteiger partial charge in [-0.1, -0.05) is 22.8 Å². The largest absolute Gasteiger partial charge is 0.334 e. The molecule has 0 unspecified atom stereocenters. The summed E-state index contributed by atoms with van der Waals surface area (Å²) in [7, 11) is 0. The molecule has 0 bridgehead atoms. The third-order valence-electron chi connectivity index (χ3n) is 1.43. The van der Waals surface area contributed by atoms with Crippen molar-refractivity contribution in [2.24, 2.45) is 0 Å². The molecule has 1 heterocycles. The lowest BCUT2D eigenvalue weighted by Crippen LogP contribution is -1.75. The van der Waals surface area contributed by atoms with E-state index in [0.29, 0.717) is 10.9 Å². The van der Waals surface area contributed by atoms with Crippen LogP contribution in [0, 0.1) is 0 Å². The highest BCUT2D eigenvalue weighted by molar-refractivity contribution is 6.30. The SMILES string of the molecule is Clc1cccc(-c2ncno2)c1. The van der Waals surface area contributed by atoms with E-state index >= 15 is 0 Å². The average molecular weight is 181 g/mol. The Labute approximate surface area is 74.0 Å². The first kappa shape index (κ1) is 7.31. The molecule has 1 aromatic carbocycles. The van der Waals surface area contributed by atoms with Crippen LogP contribution >= 0.6 is 11.6 Å². The second-order valence-electron chi connectivity index (χ2n) is 2.26. The third-order valence-corrected chi connectivity index (χ3v) is 1.67. The molecule has 0 saturated heterocycles. The molecule has 0 aliphatic rings. The second-order valence-corrected chi connectivity index (χ2v) is 2.69. The molecular weight excluding hydrogens is 176 g/mol. The Kier molecular flexibility index (Phi) is 1.80. The maximum atomic E-state index is 5.77. The summed E-state index contributed by atoms with van der Waals surface area (Å²) in [5, 5.41) is 4.16. The highest BCUT2D eigenvalue weighted by atomic mass is 35.5. The lowest BCUT2D eigenvalue weighted by atomic mass is 10.2. The molecule has 0 aliphatic heterocycles. The van der Waals surface area contributed by atoms with Gasteiger partial charge in [-0.25, -0.2) is 0 Å². The smallest absolute Gasteiger partial charge is 0.257 e. The first-order valence-electron chi connectivity index (χ1n) is 3.39. The van der Waals surface area contributed by atoms with Crippen LogP contribution in [0.5, 0.6) is 0 Å². The maximum Gasteiger partial charge on any atom is 0.257 e. The van der Waals surface area contributed by atoms with Crippen molar-refractivity contribution in [3.8, 4) is 11.5 Å². The number of hydrogen-bond acceptors (Lipinski definition) is 3. The van der Waals surface area contributed by atoms with Crippen molar-refractivity contribution in [1.82, 2.24) is 10.1 Å². The van der Waals surface area contributed by atoms with Crippen molar-refractivity contribution in [2.45, 2.75) is 0 Å². The zero-order chi connectivity index (χ0) is 8.39. The third kappa shape index (κ3) is 1.31. The van der Waals surface area contributed by atoms with E-state index in [9.17, 15) is 0 Å². The van der Waals surface area contributed by atoms with Crippen LogP contribution in [-0.4, -0.2) is 10.1 Å². The molecule has 1 aromatic heterocycles. The summed E-state index contributed by atoms with van der Waals surface area (Å²) in [6.45, 7) is 0. The van der Waals surface area contributed by atoms with E-state index in [1.807, 2.05) is 12.1 Å². The minimum Gasteiger partial charge on any atom is -0.334 e. The summed E-state index contributed by atoms with van der Waals surface area (Å²) in [6, 6.07) is 7.26. The van der Waals surface area contributed by atoms with Crippen LogP contribution in [0.4, 0.5) is 0 Å². The van der Waals surface area contributed by atoms with Crippen LogP contribution < -0.4 is 0 Å². The molecule has 0 aliphatic carbocycles. The van der Waals surface area contributed by atoms with Crippen LogP contribution in [0.3, 0.4) is 0 Å². The maximum absolute atomic E-state index is 5.77. The van der Waals surface area contributed by atoms with E-state index in [-0.39, 0.29) is 0 Å². The molecule has 0 saturated carbocycles. The van der Waals surface area contributed by atoms with E-state index < -0.39 is 0 Å². The Morgan fingerprint density at radius 1 is 1.33 bits per heavy atom. The van der Waals surface area contributed by atoms with E-state index in [2.05, 4.69) is 10.1 Å².